The molecule has 0 saturated heterocycles. The summed E-state index contributed by atoms with van der Waals surface area (Å²) < 4.78 is 0. The molecule has 0 unspecified atom stereocenters. The van der Waals surface area contributed by atoms with Crippen molar-refractivity contribution in [1.82, 2.24) is 19.9 Å². The molecule has 0 fully saturated rings. The van der Waals surface area contributed by atoms with Crippen LogP contribution in [0.2, 0.25) is 5.15 Å². The van der Waals surface area contributed by atoms with Gasteiger partial charge in [-0.05, 0) is 38.6 Å². The minimum absolute atomic E-state index is 0.530. The molecular weight excluding hydrogens is 308 g/mol. The van der Waals surface area contributed by atoms with Gasteiger partial charge in [-0.25, -0.2) is 15.0 Å². The van der Waals surface area contributed by atoms with Crippen molar-refractivity contribution in [3.05, 3.63) is 64.3 Å². The van der Waals surface area contributed by atoms with Crippen molar-refractivity contribution in [2.24, 2.45) is 0 Å². The lowest BCUT2D eigenvalue weighted by Crippen LogP contribution is -2.20. The fourth-order valence-electron chi connectivity index (χ4n) is 2.68. The Hall–Kier alpha value is -2.04. The molecule has 0 bridgehead atoms. The molecule has 4 nitrogen and oxygen atoms in total. The smallest absolute Gasteiger partial charge is 0.143 e. The topological polar surface area (TPSA) is 41.9 Å². The number of para-hydroxylation sites is 1. The number of fused-ring (bicyclic) bond motifs is 1. The van der Waals surface area contributed by atoms with Crippen LogP contribution in [-0.4, -0.2) is 26.9 Å². The van der Waals surface area contributed by atoms with Gasteiger partial charge in [0.1, 0.15) is 11.0 Å². The average Bonchev–Trinajstić information content (AvgIpc) is 2.50. The Morgan fingerprint density at radius 2 is 1.70 bits per heavy atom. The lowest BCUT2D eigenvalue weighted by Gasteiger charge is -2.17. The summed E-state index contributed by atoms with van der Waals surface area (Å²) in [6.45, 7) is 5.48. The van der Waals surface area contributed by atoms with Crippen LogP contribution in [-0.2, 0) is 13.1 Å². The minimum Gasteiger partial charge on any atom is -0.295 e. The number of nitrogens with zero attached hydrogens (tertiary/aromatic N) is 4. The van der Waals surface area contributed by atoms with Gasteiger partial charge in [0.2, 0.25) is 0 Å². The summed E-state index contributed by atoms with van der Waals surface area (Å²) in [4.78, 5) is 15.8. The van der Waals surface area contributed by atoms with Crippen molar-refractivity contribution < 1.29 is 0 Å². The van der Waals surface area contributed by atoms with Gasteiger partial charge in [-0.2, -0.15) is 0 Å². The molecule has 118 valence electrons. The number of benzene rings is 1. The van der Waals surface area contributed by atoms with Gasteiger partial charge in [0, 0.05) is 23.3 Å². The maximum absolute atomic E-state index is 5.91. The minimum atomic E-state index is 0.530. The van der Waals surface area contributed by atoms with E-state index in [1.54, 1.807) is 0 Å². The second-order valence-corrected chi connectivity index (χ2v) is 6.18. The molecule has 0 aliphatic carbocycles. The number of hydrogen-bond acceptors (Lipinski definition) is 4. The van der Waals surface area contributed by atoms with E-state index in [1.807, 2.05) is 44.2 Å². The molecule has 0 aliphatic rings. The van der Waals surface area contributed by atoms with Gasteiger partial charge in [-0.1, -0.05) is 35.9 Å². The molecule has 0 spiro atoms. The van der Waals surface area contributed by atoms with Crippen molar-refractivity contribution in [3.63, 3.8) is 0 Å². The van der Waals surface area contributed by atoms with E-state index in [0.29, 0.717) is 11.7 Å². The van der Waals surface area contributed by atoms with Crippen LogP contribution in [0.15, 0.2) is 36.4 Å². The molecule has 3 aromatic rings. The van der Waals surface area contributed by atoms with Crippen LogP contribution in [0, 0.1) is 13.8 Å². The van der Waals surface area contributed by atoms with Gasteiger partial charge in [0.25, 0.3) is 0 Å². The SMILES string of the molecule is Cc1nc(Cl)ccc1CN(C)Cc1nc(C)c2ccccc2n1. The van der Waals surface area contributed by atoms with Crippen molar-refractivity contribution in [1.29, 1.82) is 0 Å². The van der Waals surface area contributed by atoms with E-state index in [9.17, 15) is 0 Å². The molecule has 0 saturated carbocycles. The third-order valence-electron chi connectivity index (χ3n) is 3.85. The Labute approximate surface area is 141 Å². The van der Waals surface area contributed by atoms with Crippen molar-refractivity contribution in [2.45, 2.75) is 26.9 Å². The monoisotopic (exact) mass is 326 g/mol. The Morgan fingerprint density at radius 3 is 2.48 bits per heavy atom. The van der Waals surface area contributed by atoms with Crippen LogP contribution in [0.5, 0.6) is 0 Å². The summed E-state index contributed by atoms with van der Waals surface area (Å²) in [6.07, 6.45) is 0. The molecule has 0 aliphatic heterocycles. The quantitative estimate of drug-likeness (QED) is 0.681. The first-order valence-electron chi connectivity index (χ1n) is 7.56. The number of rotatable bonds is 4. The number of halogens is 1. The first kappa shape index (κ1) is 15.8. The predicted octanol–water partition coefficient (Wildman–Crippen LogP) is 3.93. The fourth-order valence-corrected chi connectivity index (χ4v) is 2.87. The molecule has 1 aromatic carbocycles. The molecule has 2 aromatic heterocycles. The van der Waals surface area contributed by atoms with Crippen LogP contribution >= 0.6 is 11.6 Å². The summed E-state index contributed by atoms with van der Waals surface area (Å²) in [5.74, 6) is 0.836. The van der Waals surface area contributed by atoms with Crippen molar-refractivity contribution in [2.75, 3.05) is 7.05 Å². The first-order valence-corrected chi connectivity index (χ1v) is 7.93. The van der Waals surface area contributed by atoms with Gasteiger partial charge in [-0.15, -0.1) is 0 Å². The number of pyridine rings is 1. The van der Waals surface area contributed by atoms with E-state index < -0.39 is 0 Å². The van der Waals surface area contributed by atoms with E-state index in [-0.39, 0.29) is 0 Å². The normalized spacial score (nSPS) is 11.3. The third kappa shape index (κ3) is 3.66. The molecular formula is C18H19ClN4. The maximum atomic E-state index is 5.91. The van der Waals surface area contributed by atoms with Crippen LogP contribution < -0.4 is 0 Å². The van der Waals surface area contributed by atoms with E-state index in [1.165, 1.54) is 0 Å². The Kier molecular flexibility index (Phi) is 4.55. The highest BCUT2D eigenvalue weighted by Gasteiger charge is 2.09. The highest BCUT2D eigenvalue weighted by atomic mass is 35.5. The molecule has 0 N–H and O–H groups in total. The highest BCUT2D eigenvalue weighted by molar-refractivity contribution is 6.29. The molecule has 5 heteroatoms. The second-order valence-electron chi connectivity index (χ2n) is 5.79. The molecule has 23 heavy (non-hydrogen) atoms. The largest absolute Gasteiger partial charge is 0.295 e. The summed E-state index contributed by atoms with van der Waals surface area (Å²) >= 11 is 5.91. The summed E-state index contributed by atoms with van der Waals surface area (Å²) in [6, 6.07) is 12.0. The number of hydrogen-bond donors (Lipinski definition) is 0. The molecule has 2 heterocycles. The second kappa shape index (κ2) is 6.60. The van der Waals surface area contributed by atoms with Gasteiger partial charge in [0.15, 0.2) is 0 Å². The molecule has 0 atom stereocenters. The van der Waals surface area contributed by atoms with Gasteiger partial charge in [0.05, 0.1) is 12.1 Å². The highest BCUT2D eigenvalue weighted by Crippen LogP contribution is 2.16. The van der Waals surface area contributed by atoms with Gasteiger partial charge in [-0.3, -0.25) is 4.90 Å². The zero-order valence-corrected chi connectivity index (χ0v) is 14.3. The van der Waals surface area contributed by atoms with Crippen LogP contribution in [0.3, 0.4) is 0 Å². The van der Waals surface area contributed by atoms with E-state index in [4.69, 9.17) is 11.6 Å². The van der Waals surface area contributed by atoms with Crippen molar-refractivity contribution in [3.8, 4) is 0 Å². The maximum Gasteiger partial charge on any atom is 0.143 e. The standard InChI is InChI=1S/C18H19ClN4/c1-12-14(8-9-17(19)20-12)10-23(3)11-18-21-13(2)15-6-4-5-7-16(15)22-18/h4-9H,10-11H2,1-3H3. The summed E-state index contributed by atoms with van der Waals surface area (Å²) in [7, 11) is 2.06. The zero-order chi connectivity index (χ0) is 16.4. The first-order chi connectivity index (χ1) is 11.0. The third-order valence-corrected chi connectivity index (χ3v) is 4.06. The van der Waals surface area contributed by atoms with Crippen LogP contribution in [0.4, 0.5) is 0 Å². The zero-order valence-electron chi connectivity index (χ0n) is 13.5. The van der Waals surface area contributed by atoms with Gasteiger partial charge >= 0.3 is 0 Å². The van der Waals surface area contributed by atoms with Crippen molar-refractivity contribution >= 4 is 22.5 Å². The average molecular weight is 327 g/mol. The van der Waals surface area contributed by atoms with Gasteiger partial charge < -0.3 is 0 Å². The Balaban J connectivity index is 1.78. The van der Waals surface area contributed by atoms with E-state index in [2.05, 4.69) is 33.0 Å². The lowest BCUT2D eigenvalue weighted by molar-refractivity contribution is 0.309. The van der Waals surface area contributed by atoms with Crippen LogP contribution in [0.25, 0.3) is 10.9 Å². The van der Waals surface area contributed by atoms with E-state index in [0.717, 1.165) is 40.2 Å². The molecule has 0 radical (unpaired) electrons. The lowest BCUT2D eigenvalue weighted by atomic mass is 10.2. The number of aryl methyl sites for hydroxylation is 2. The Morgan fingerprint density at radius 1 is 0.913 bits per heavy atom. The predicted molar refractivity (Wildman–Crippen MR) is 93.4 cm³/mol. The molecule has 0 amide bonds. The summed E-state index contributed by atoms with van der Waals surface area (Å²) in [5.41, 5.74) is 4.13. The van der Waals surface area contributed by atoms with E-state index >= 15 is 0 Å². The Bertz CT molecular complexity index is 848. The fraction of sp³-hybridized carbons (Fsp3) is 0.278. The van der Waals surface area contributed by atoms with Crippen LogP contribution in [0.1, 0.15) is 22.8 Å². The molecule has 3 rings (SSSR count). The number of aromatic nitrogens is 3. The summed E-state index contributed by atoms with van der Waals surface area (Å²) in [5, 5.41) is 1.64.